The van der Waals surface area contributed by atoms with Crippen LogP contribution in [0.2, 0.25) is 0 Å². The van der Waals surface area contributed by atoms with Gasteiger partial charge in [0.1, 0.15) is 5.82 Å². The topological polar surface area (TPSA) is 55.2 Å². The van der Waals surface area contributed by atoms with Crippen LogP contribution in [-0.2, 0) is 11.8 Å². The first-order chi connectivity index (χ1) is 9.36. The lowest BCUT2D eigenvalue weighted by molar-refractivity contribution is 0.0830. The normalized spacial score (nSPS) is 22.5. The highest BCUT2D eigenvalue weighted by Crippen LogP contribution is 2.27. The Hall–Kier alpha value is -1.14. The third kappa shape index (κ3) is 2.74. The van der Waals surface area contributed by atoms with Crippen LogP contribution < -0.4 is 10.2 Å². The Balaban J connectivity index is 1.77. The van der Waals surface area contributed by atoms with Gasteiger partial charge in [0.2, 0.25) is 5.95 Å². The highest BCUT2D eigenvalue weighted by atomic mass is 16.5. The molecule has 19 heavy (non-hydrogen) atoms. The number of hydrogen-bond acceptors (Lipinski definition) is 5. The molecule has 0 aliphatic carbocycles. The predicted octanol–water partition coefficient (Wildman–Crippen LogP) is 0.509. The van der Waals surface area contributed by atoms with E-state index in [2.05, 4.69) is 32.0 Å². The van der Waals surface area contributed by atoms with Gasteiger partial charge in [-0.1, -0.05) is 0 Å². The van der Waals surface area contributed by atoms with E-state index in [0.29, 0.717) is 5.92 Å². The Morgan fingerprint density at radius 3 is 2.84 bits per heavy atom. The van der Waals surface area contributed by atoms with Crippen molar-refractivity contribution in [2.75, 3.05) is 44.3 Å². The van der Waals surface area contributed by atoms with E-state index in [9.17, 15) is 0 Å². The van der Waals surface area contributed by atoms with Gasteiger partial charge in [0.15, 0.2) is 0 Å². The molecular weight excluding hydrogens is 242 g/mol. The minimum atomic E-state index is 0.505. The SMILES string of the molecule is Cn1c(C2CCOCC2)nnc1N1CCCNCC1. The average Bonchev–Trinajstić information content (AvgIpc) is 2.67. The summed E-state index contributed by atoms with van der Waals surface area (Å²) in [5, 5.41) is 12.3. The molecule has 6 nitrogen and oxygen atoms in total. The molecule has 0 amide bonds. The second-order valence-electron chi connectivity index (χ2n) is 5.39. The van der Waals surface area contributed by atoms with Crippen LogP contribution in [0, 0.1) is 0 Å². The van der Waals surface area contributed by atoms with E-state index in [-0.39, 0.29) is 0 Å². The smallest absolute Gasteiger partial charge is 0.227 e. The molecule has 3 heterocycles. The van der Waals surface area contributed by atoms with Gasteiger partial charge in [-0.05, 0) is 25.8 Å². The molecular formula is C13H23N5O. The molecule has 1 aromatic rings. The molecule has 1 aromatic heterocycles. The first-order valence-electron chi connectivity index (χ1n) is 7.29. The fourth-order valence-electron chi connectivity index (χ4n) is 2.96. The number of nitrogens with zero attached hydrogens (tertiary/aromatic N) is 4. The summed E-state index contributed by atoms with van der Waals surface area (Å²) >= 11 is 0. The number of rotatable bonds is 2. The van der Waals surface area contributed by atoms with Crippen molar-refractivity contribution >= 4 is 5.95 Å². The summed E-state index contributed by atoms with van der Waals surface area (Å²) < 4.78 is 7.61. The van der Waals surface area contributed by atoms with Crippen molar-refractivity contribution in [2.45, 2.75) is 25.2 Å². The fraction of sp³-hybridized carbons (Fsp3) is 0.846. The van der Waals surface area contributed by atoms with Gasteiger partial charge in [0.05, 0.1) is 0 Å². The van der Waals surface area contributed by atoms with Gasteiger partial charge in [0.25, 0.3) is 0 Å². The second kappa shape index (κ2) is 5.88. The zero-order chi connectivity index (χ0) is 13.1. The lowest BCUT2D eigenvalue weighted by Gasteiger charge is -2.23. The largest absolute Gasteiger partial charge is 0.381 e. The minimum absolute atomic E-state index is 0.505. The highest BCUT2D eigenvalue weighted by Gasteiger charge is 2.24. The second-order valence-corrected chi connectivity index (χ2v) is 5.39. The zero-order valence-corrected chi connectivity index (χ0v) is 11.6. The van der Waals surface area contributed by atoms with Crippen LogP contribution in [0.15, 0.2) is 0 Å². The maximum atomic E-state index is 5.42. The van der Waals surface area contributed by atoms with E-state index in [1.165, 1.54) is 6.42 Å². The summed E-state index contributed by atoms with van der Waals surface area (Å²) in [6.45, 7) is 5.90. The van der Waals surface area contributed by atoms with Crippen molar-refractivity contribution < 1.29 is 4.74 Å². The van der Waals surface area contributed by atoms with Gasteiger partial charge in [-0.25, -0.2) is 0 Å². The maximum Gasteiger partial charge on any atom is 0.227 e. The molecule has 0 bridgehead atoms. The van der Waals surface area contributed by atoms with Crippen molar-refractivity contribution in [3.8, 4) is 0 Å². The number of aromatic nitrogens is 3. The quantitative estimate of drug-likeness (QED) is 0.844. The summed E-state index contributed by atoms with van der Waals surface area (Å²) in [5.41, 5.74) is 0. The molecule has 2 saturated heterocycles. The van der Waals surface area contributed by atoms with Gasteiger partial charge in [-0.3, -0.25) is 0 Å². The summed E-state index contributed by atoms with van der Waals surface area (Å²) in [6.07, 6.45) is 3.29. The van der Waals surface area contributed by atoms with Crippen LogP contribution in [0.1, 0.15) is 31.0 Å². The Morgan fingerprint density at radius 2 is 2.00 bits per heavy atom. The van der Waals surface area contributed by atoms with Crippen LogP contribution in [-0.4, -0.2) is 54.2 Å². The van der Waals surface area contributed by atoms with Gasteiger partial charge in [-0.2, -0.15) is 0 Å². The summed E-state index contributed by atoms with van der Waals surface area (Å²) in [7, 11) is 2.10. The van der Waals surface area contributed by atoms with E-state index in [1.54, 1.807) is 0 Å². The molecule has 6 heteroatoms. The molecule has 0 atom stereocenters. The van der Waals surface area contributed by atoms with E-state index < -0.39 is 0 Å². The van der Waals surface area contributed by atoms with Crippen LogP contribution in [0.25, 0.3) is 0 Å². The Bertz CT molecular complexity index is 405. The van der Waals surface area contributed by atoms with Crippen molar-refractivity contribution in [1.82, 2.24) is 20.1 Å². The molecule has 2 aliphatic heterocycles. The number of nitrogens with one attached hydrogen (secondary N) is 1. The average molecular weight is 265 g/mol. The lowest BCUT2D eigenvalue weighted by atomic mass is 10.00. The Kier molecular flexibility index (Phi) is 3.98. The third-order valence-electron chi connectivity index (χ3n) is 4.09. The Labute approximate surface area is 114 Å². The zero-order valence-electron chi connectivity index (χ0n) is 11.6. The summed E-state index contributed by atoms with van der Waals surface area (Å²) in [6, 6.07) is 0. The van der Waals surface area contributed by atoms with E-state index >= 15 is 0 Å². The van der Waals surface area contributed by atoms with Crippen LogP contribution in [0.4, 0.5) is 5.95 Å². The van der Waals surface area contributed by atoms with Crippen molar-refractivity contribution in [3.63, 3.8) is 0 Å². The Morgan fingerprint density at radius 1 is 1.16 bits per heavy atom. The minimum Gasteiger partial charge on any atom is -0.381 e. The van der Waals surface area contributed by atoms with Crippen LogP contribution >= 0.6 is 0 Å². The molecule has 2 aliphatic rings. The molecule has 1 N–H and O–H groups in total. The lowest BCUT2D eigenvalue weighted by Crippen LogP contribution is -2.30. The van der Waals surface area contributed by atoms with Gasteiger partial charge < -0.3 is 19.5 Å². The van der Waals surface area contributed by atoms with Crippen molar-refractivity contribution in [1.29, 1.82) is 0 Å². The predicted molar refractivity (Wildman–Crippen MR) is 73.5 cm³/mol. The maximum absolute atomic E-state index is 5.42. The molecule has 0 unspecified atom stereocenters. The van der Waals surface area contributed by atoms with Crippen LogP contribution in [0.5, 0.6) is 0 Å². The molecule has 3 rings (SSSR count). The molecule has 2 fully saturated rings. The van der Waals surface area contributed by atoms with E-state index in [4.69, 9.17) is 4.74 Å². The molecule has 106 valence electrons. The van der Waals surface area contributed by atoms with Crippen molar-refractivity contribution in [3.05, 3.63) is 5.82 Å². The first kappa shape index (κ1) is 12.9. The van der Waals surface area contributed by atoms with Gasteiger partial charge >= 0.3 is 0 Å². The molecule has 0 aromatic carbocycles. The van der Waals surface area contributed by atoms with E-state index in [1.807, 2.05) is 0 Å². The van der Waals surface area contributed by atoms with Gasteiger partial charge in [-0.15, -0.1) is 10.2 Å². The van der Waals surface area contributed by atoms with Gasteiger partial charge in [0, 0.05) is 45.8 Å². The third-order valence-corrected chi connectivity index (χ3v) is 4.09. The number of ether oxygens (including phenoxy) is 1. The highest BCUT2D eigenvalue weighted by molar-refractivity contribution is 5.31. The molecule has 0 spiro atoms. The number of anilines is 1. The molecule has 0 radical (unpaired) electrons. The number of hydrogen-bond donors (Lipinski definition) is 1. The first-order valence-corrected chi connectivity index (χ1v) is 7.29. The standard InChI is InChI=1S/C13H23N5O/c1-17-12(11-3-9-19-10-4-11)15-16-13(17)18-7-2-5-14-6-8-18/h11,14H,2-10H2,1H3. The monoisotopic (exact) mass is 265 g/mol. The van der Waals surface area contributed by atoms with Crippen LogP contribution in [0.3, 0.4) is 0 Å². The van der Waals surface area contributed by atoms with E-state index in [0.717, 1.165) is 64.0 Å². The summed E-state index contributed by atoms with van der Waals surface area (Å²) in [4.78, 5) is 2.34. The van der Waals surface area contributed by atoms with Crippen molar-refractivity contribution in [2.24, 2.45) is 7.05 Å². The fourth-order valence-corrected chi connectivity index (χ4v) is 2.96. The summed E-state index contributed by atoms with van der Waals surface area (Å²) in [5.74, 6) is 2.64. The molecule has 0 saturated carbocycles.